The minimum Gasteiger partial charge on any atom is -0.459 e. The third-order valence-corrected chi connectivity index (χ3v) is 1.40. The SMILES string of the molecule is CC(C)(C)OC(=O)CNC(CO)CO. The number of ether oxygens (including phenoxy) is 1. The molecule has 0 unspecified atom stereocenters. The molecule has 14 heavy (non-hydrogen) atoms. The van der Waals surface area contributed by atoms with Gasteiger partial charge in [0.25, 0.3) is 0 Å². The summed E-state index contributed by atoms with van der Waals surface area (Å²) in [7, 11) is 0. The van der Waals surface area contributed by atoms with Gasteiger partial charge >= 0.3 is 5.97 Å². The highest BCUT2D eigenvalue weighted by Gasteiger charge is 2.16. The maximum absolute atomic E-state index is 11.1. The van der Waals surface area contributed by atoms with Crippen LogP contribution < -0.4 is 5.32 Å². The van der Waals surface area contributed by atoms with Crippen molar-refractivity contribution < 1.29 is 19.7 Å². The van der Waals surface area contributed by atoms with E-state index < -0.39 is 17.6 Å². The summed E-state index contributed by atoms with van der Waals surface area (Å²) in [4.78, 5) is 11.1. The number of carbonyl (C=O) groups is 1. The summed E-state index contributed by atoms with van der Waals surface area (Å²) in [5.41, 5.74) is -0.507. The molecule has 0 atom stereocenters. The van der Waals surface area contributed by atoms with E-state index in [1.807, 2.05) is 0 Å². The van der Waals surface area contributed by atoms with Crippen LogP contribution in [0.2, 0.25) is 0 Å². The van der Waals surface area contributed by atoms with Crippen molar-refractivity contribution >= 4 is 5.97 Å². The minimum atomic E-state index is -0.507. The lowest BCUT2D eigenvalue weighted by Crippen LogP contribution is -2.41. The van der Waals surface area contributed by atoms with Crippen LogP contribution in [0.4, 0.5) is 0 Å². The van der Waals surface area contributed by atoms with E-state index in [-0.39, 0.29) is 19.8 Å². The summed E-state index contributed by atoms with van der Waals surface area (Å²) < 4.78 is 5.01. The first-order valence-electron chi connectivity index (χ1n) is 4.56. The summed E-state index contributed by atoms with van der Waals surface area (Å²) >= 11 is 0. The maximum atomic E-state index is 11.1. The first kappa shape index (κ1) is 13.4. The van der Waals surface area contributed by atoms with Crippen molar-refractivity contribution in [3.8, 4) is 0 Å². The van der Waals surface area contributed by atoms with Gasteiger partial charge in [-0.3, -0.25) is 10.1 Å². The third kappa shape index (κ3) is 6.82. The summed E-state index contributed by atoms with van der Waals surface area (Å²) in [6.45, 7) is 4.91. The van der Waals surface area contributed by atoms with Crippen molar-refractivity contribution in [2.45, 2.75) is 32.4 Å². The summed E-state index contributed by atoms with van der Waals surface area (Å²) in [5, 5.41) is 20.1. The zero-order chi connectivity index (χ0) is 11.2. The Morgan fingerprint density at radius 2 is 1.86 bits per heavy atom. The molecular formula is C9H19NO4. The van der Waals surface area contributed by atoms with Crippen LogP contribution in [0, 0.1) is 0 Å². The molecule has 0 aliphatic heterocycles. The Morgan fingerprint density at radius 3 is 2.21 bits per heavy atom. The summed E-state index contributed by atoms with van der Waals surface area (Å²) in [5.74, 6) is -0.399. The number of aliphatic hydroxyl groups is 2. The van der Waals surface area contributed by atoms with Gasteiger partial charge in [0.05, 0.1) is 25.8 Å². The number of carbonyl (C=O) groups excluding carboxylic acids is 1. The molecule has 0 aliphatic rings. The molecule has 0 heterocycles. The summed E-state index contributed by atoms with van der Waals surface area (Å²) in [6, 6.07) is -0.470. The molecule has 0 aromatic carbocycles. The number of hydrogen-bond acceptors (Lipinski definition) is 5. The molecule has 84 valence electrons. The van der Waals surface area contributed by atoms with Crippen molar-refractivity contribution in [2.24, 2.45) is 0 Å². The second-order valence-corrected chi connectivity index (χ2v) is 4.03. The highest BCUT2D eigenvalue weighted by Crippen LogP contribution is 2.06. The molecule has 0 aromatic rings. The molecule has 0 amide bonds. The molecule has 5 heteroatoms. The van der Waals surface area contributed by atoms with Gasteiger partial charge < -0.3 is 14.9 Å². The third-order valence-electron chi connectivity index (χ3n) is 1.40. The van der Waals surface area contributed by atoms with Crippen molar-refractivity contribution in [3.05, 3.63) is 0 Å². The van der Waals surface area contributed by atoms with Gasteiger partial charge in [0.2, 0.25) is 0 Å². The molecule has 0 spiro atoms. The standard InChI is InChI=1S/C9H19NO4/c1-9(2,3)14-8(13)4-10-7(5-11)6-12/h7,10-12H,4-6H2,1-3H3. The number of esters is 1. The van der Waals surface area contributed by atoms with E-state index >= 15 is 0 Å². The average molecular weight is 205 g/mol. The van der Waals surface area contributed by atoms with Gasteiger partial charge in [-0.05, 0) is 20.8 Å². The highest BCUT2D eigenvalue weighted by molar-refractivity contribution is 5.72. The van der Waals surface area contributed by atoms with Crippen molar-refractivity contribution in [2.75, 3.05) is 19.8 Å². The average Bonchev–Trinajstić information content (AvgIpc) is 2.03. The Kier molecular flexibility index (Phi) is 5.68. The lowest BCUT2D eigenvalue weighted by atomic mass is 10.2. The van der Waals surface area contributed by atoms with Gasteiger partial charge in [-0.25, -0.2) is 0 Å². The topological polar surface area (TPSA) is 78.8 Å². The second kappa shape index (κ2) is 5.95. The lowest BCUT2D eigenvalue weighted by molar-refractivity contribution is -0.153. The molecule has 0 aromatic heterocycles. The Morgan fingerprint density at radius 1 is 1.36 bits per heavy atom. The maximum Gasteiger partial charge on any atom is 0.320 e. The van der Waals surface area contributed by atoms with Crippen LogP contribution in [0.3, 0.4) is 0 Å². The van der Waals surface area contributed by atoms with Crippen LogP contribution in [0.25, 0.3) is 0 Å². The van der Waals surface area contributed by atoms with Crippen LogP contribution in [0.1, 0.15) is 20.8 Å². The van der Waals surface area contributed by atoms with Gasteiger partial charge in [0.15, 0.2) is 0 Å². The lowest BCUT2D eigenvalue weighted by Gasteiger charge is -2.20. The Bertz CT molecular complexity index is 172. The van der Waals surface area contributed by atoms with E-state index in [1.54, 1.807) is 20.8 Å². The van der Waals surface area contributed by atoms with Crippen LogP contribution in [-0.2, 0) is 9.53 Å². The molecule has 0 saturated carbocycles. The Balaban J connectivity index is 3.74. The van der Waals surface area contributed by atoms with Crippen LogP contribution >= 0.6 is 0 Å². The van der Waals surface area contributed by atoms with E-state index in [2.05, 4.69) is 5.32 Å². The molecule has 3 N–H and O–H groups in total. The predicted octanol–water partition coefficient (Wildman–Crippen LogP) is -0.729. The second-order valence-electron chi connectivity index (χ2n) is 4.03. The molecule has 0 radical (unpaired) electrons. The normalized spacial score (nSPS) is 11.9. The predicted molar refractivity (Wildman–Crippen MR) is 51.8 cm³/mol. The zero-order valence-corrected chi connectivity index (χ0v) is 8.91. The van der Waals surface area contributed by atoms with Gasteiger partial charge in [0, 0.05) is 0 Å². The summed E-state index contributed by atoms with van der Waals surface area (Å²) in [6.07, 6.45) is 0. The van der Waals surface area contributed by atoms with E-state index in [4.69, 9.17) is 14.9 Å². The number of aliphatic hydroxyl groups excluding tert-OH is 2. The van der Waals surface area contributed by atoms with Crippen molar-refractivity contribution in [3.63, 3.8) is 0 Å². The fraction of sp³-hybridized carbons (Fsp3) is 0.889. The fourth-order valence-corrected chi connectivity index (χ4v) is 0.792. The number of rotatable bonds is 5. The molecule has 0 bridgehead atoms. The molecule has 0 aliphatic carbocycles. The monoisotopic (exact) mass is 205 g/mol. The van der Waals surface area contributed by atoms with E-state index in [9.17, 15) is 4.79 Å². The minimum absolute atomic E-state index is 0.0109. The number of hydrogen-bond donors (Lipinski definition) is 3. The Labute approximate surface area is 84.1 Å². The van der Waals surface area contributed by atoms with E-state index in [0.717, 1.165) is 0 Å². The highest BCUT2D eigenvalue weighted by atomic mass is 16.6. The molecule has 0 fully saturated rings. The van der Waals surface area contributed by atoms with E-state index in [1.165, 1.54) is 0 Å². The van der Waals surface area contributed by atoms with Crippen molar-refractivity contribution in [1.82, 2.24) is 5.32 Å². The molecule has 0 rings (SSSR count). The van der Waals surface area contributed by atoms with Crippen molar-refractivity contribution in [1.29, 1.82) is 0 Å². The molecule has 0 saturated heterocycles. The van der Waals surface area contributed by atoms with Crippen LogP contribution in [-0.4, -0.2) is 47.6 Å². The molecule has 5 nitrogen and oxygen atoms in total. The van der Waals surface area contributed by atoms with E-state index in [0.29, 0.717) is 0 Å². The largest absolute Gasteiger partial charge is 0.459 e. The zero-order valence-electron chi connectivity index (χ0n) is 8.91. The van der Waals surface area contributed by atoms with Crippen LogP contribution in [0.5, 0.6) is 0 Å². The van der Waals surface area contributed by atoms with Gasteiger partial charge in [-0.15, -0.1) is 0 Å². The van der Waals surface area contributed by atoms with Gasteiger partial charge in [-0.1, -0.05) is 0 Å². The Hall–Kier alpha value is -0.650. The number of nitrogens with one attached hydrogen (secondary N) is 1. The quantitative estimate of drug-likeness (QED) is 0.516. The fourth-order valence-electron chi connectivity index (χ4n) is 0.792. The van der Waals surface area contributed by atoms with Crippen LogP contribution in [0.15, 0.2) is 0 Å². The van der Waals surface area contributed by atoms with Gasteiger partial charge in [0.1, 0.15) is 5.60 Å². The smallest absolute Gasteiger partial charge is 0.320 e. The first-order chi connectivity index (χ1) is 6.39. The van der Waals surface area contributed by atoms with Gasteiger partial charge in [-0.2, -0.15) is 0 Å². The first-order valence-corrected chi connectivity index (χ1v) is 4.56. The molecular weight excluding hydrogens is 186 g/mol.